The average molecular weight is 542 g/mol. The van der Waals surface area contributed by atoms with Gasteiger partial charge in [-0.15, -0.1) is 0 Å². The van der Waals surface area contributed by atoms with Gasteiger partial charge in [0.05, 0.1) is 5.69 Å². The molecule has 0 fully saturated rings. The maximum Gasteiger partial charge on any atom is 0.281 e. The maximum atomic E-state index is 13.3. The Bertz CT molecular complexity index is 1840. The normalized spacial score (nSPS) is 11.5. The average Bonchev–Trinajstić information content (AvgIpc) is 3.25. The van der Waals surface area contributed by atoms with Gasteiger partial charge in [0.2, 0.25) is 5.88 Å². The minimum atomic E-state index is -4.30. The van der Waals surface area contributed by atoms with Crippen molar-refractivity contribution in [3.05, 3.63) is 95.2 Å². The summed E-state index contributed by atoms with van der Waals surface area (Å²) >= 11 is 0. The largest absolute Gasteiger partial charge is 0.438 e. The summed E-state index contributed by atoms with van der Waals surface area (Å²) in [6, 6.07) is 19.2. The lowest BCUT2D eigenvalue weighted by molar-refractivity contribution is 0.0978. The summed E-state index contributed by atoms with van der Waals surface area (Å²) < 4.78 is 36.1. The Labute approximate surface area is 226 Å². The highest BCUT2D eigenvalue weighted by atomic mass is 32.2. The minimum Gasteiger partial charge on any atom is -0.438 e. The van der Waals surface area contributed by atoms with E-state index in [-0.39, 0.29) is 22.3 Å². The number of carbonyl (C=O) groups excluding carboxylic acids is 1. The molecular weight excluding hydrogens is 514 g/mol. The molecule has 0 saturated carbocycles. The van der Waals surface area contributed by atoms with Crippen LogP contribution in [0, 0.1) is 20.8 Å². The molecule has 1 amide bonds. The van der Waals surface area contributed by atoms with Crippen molar-refractivity contribution in [1.82, 2.24) is 19.3 Å². The molecule has 198 valence electrons. The van der Waals surface area contributed by atoms with Crippen LogP contribution in [-0.4, -0.2) is 28.9 Å². The van der Waals surface area contributed by atoms with Gasteiger partial charge in [-0.05, 0) is 73.7 Å². The van der Waals surface area contributed by atoms with Crippen LogP contribution in [0.2, 0.25) is 0 Å². The number of nitrogens with one attached hydrogen (secondary N) is 1. The van der Waals surface area contributed by atoms with Gasteiger partial charge in [-0.1, -0.05) is 35.9 Å². The number of fused-ring (bicyclic) bond motifs is 1. The number of rotatable bonds is 6. The first-order valence-corrected chi connectivity index (χ1v) is 13.6. The number of benzene rings is 2. The lowest BCUT2D eigenvalue weighted by Gasteiger charge is -2.16. The number of amides is 1. The molecule has 0 saturated heterocycles. The molecule has 0 aliphatic rings. The highest BCUT2D eigenvalue weighted by Gasteiger charge is 2.25. The Morgan fingerprint density at radius 2 is 1.69 bits per heavy atom. The monoisotopic (exact) mass is 541 g/mol. The van der Waals surface area contributed by atoms with Crippen LogP contribution < -0.4 is 15.2 Å². The van der Waals surface area contributed by atoms with Crippen LogP contribution in [0.1, 0.15) is 27.0 Å². The van der Waals surface area contributed by atoms with Gasteiger partial charge in [-0.25, -0.2) is 14.7 Å². The van der Waals surface area contributed by atoms with Crippen LogP contribution in [0.15, 0.2) is 78.0 Å². The molecule has 5 aromatic rings. The van der Waals surface area contributed by atoms with Crippen molar-refractivity contribution in [3.8, 4) is 22.9 Å². The summed E-state index contributed by atoms with van der Waals surface area (Å²) in [5, 5.41) is 0.712. The van der Waals surface area contributed by atoms with Gasteiger partial charge >= 0.3 is 0 Å². The number of nitrogen functional groups attached to an aromatic ring is 1. The Hall–Kier alpha value is -4.70. The number of nitrogens with two attached hydrogens (primary N) is 1. The first-order chi connectivity index (χ1) is 18.5. The number of aryl methyl sites for hydroxylation is 4. The van der Waals surface area contributed by atoms with E-state index < -0.39 is 15.9 Å². The predicted octanol–water partition coefficient (Wildman–Crippen LogP) is 5.05. The maximum absolute atomic E-state index is 13.3. The van der Waals surface area contributed by atoms with E-state index in [1.54, 1.807) is 6.07 Å². The second kappa shape index (κ2) is 9.88. The van der Waals surface area contributed by atoms with Crippen LogP contribution >= 0.6 is 0 Å². The first-order valence-electron chi connectivity index (χ1n) is 12.1. The SMILES string of the molecule is Cc1cc(C)c(Oc2nc(-c3ccc4ccn(C)c4c3)ccc2C(=O)NS(=O)(=O)c2cccc(N)n2)c(C)c1. The van der Waals surface area contributed by atoms with Gasteiger partial charge in [0.25, 0.3) is 15.9 Å². The number of sulfonamides is 1. The summed E-state index contributed by atoms with van der Waals surface area (Å²) in [5.41, 5.74) is 10.8. The number of anilines is 1. The fraction of sp³-hybridized carbons (Fsp3) is 0.138. The number of nitrogens with zero attached hydrogens (tertiary/aromatic N) is 3. The van der Waals surface area contributed by atoms with E-state index >= 15 is 0 Å². The van der Waals surface area contributed by atoms with Crippen LogP contribution in [0.3, 0.4) is 0 Å². The van der Waals surface area contributed by atoms with E-state index in [0.717, 1.165) is 33.2 Å². The van der Waals surface area contributed by atoms with Crippen LogP contribution in [-0.2, 0) is 17.1 Å². The summed E-state index contributed by atoms with van der Waals surface area (Å²) in [6.45, 7) is 5.78. The van der Waals surface area contributed by atoms with Gasteiger partial charge in [0.1, 0.15) is 17.1 Å². The Morgan fingerprint density at radius 3 is 2.41 bits per heavy atom. The summed E-state index contributed by atoms with van der Waals surface area (Å²) in [7, 11) is -2.34. The molecule has 10 heteroatoms. The molecule has 9 nitrogen and oxygen atoms in total. The number of hydrogen-bond acceptors (Lipinski definition) is 7. The van der Waals surface area contributed by atoms with E-state index in [9.17, 15) is 13.2 Å². The van der Waals surface area contributed by atoms with Crippen molar-refractivity contribution in [1.29, 1.82) is 0 Å². The van der Waals surface area contributed by atoms with Crippen molar-refractivity contribution in [2.75, 3.05) is 5.73 Å². The van der Waals surface area contributed by atoms with E-state index in [4.69, 9.17) is 10.5 Å². The number of carbonyl (C=O) groups is 1. The lowest BCUT2D eigenvalue weighted by Crippen LogP contribution is -2.31. The number of pyridine rings is 2. The summed E-state index contributed by atoms with van der Waals surface area (Å²) in [6.07, 6.45) is 1.97. The first kappa shape index (κ1) is 25.9. The third kappa shape index (κ3) is 5.19. The van der Waals surface area contributed by atoms with E-state index in [0.29, 0.717) is 11.4 Å². The van der Waals surface area contributed by atoms with Crippen molar-refractivity contribution in [2.24, 2.45) is 7.05 Å². The predicted molar refractivity (Wildman–Crippen MR) is 150 cm³/mol. The van der Waals surface area contributed by atoms with Gasteiger partial charge < -0.3 is 15.0 Å². The van der Waals surface area contributed by atoms with Crippen molar-refractivity contribution in [3.63, 3.8) is 0 Å². The molecule has 0 radical (unpaired) electrons. The highest BCUT2D eigenvalue weighted by molar-refractivity contribution is 7.90. The van der Waals surface area contributed by atoms with E-state index in [2.05, 4.69) is 14.7 Å². The fourth-order valence-electron chi connectivity index (χ4n) is 4.51. The lowest BCUT2D eigenvalue weighted by atomic mass is 10.1. The third-order valence-electron chi connectivity index (χ3n) is 6.34. The molecule has 3 heterocycles. The number of ether oxygens (including phenoxy) is 1. The quantitative estimate of drug-likeness (QED) is 0.308. The Balaban J connectivity index is 1.59. The zero-order chi connectivity index (χ0) is 27.9. The summed E-state index contributed by atoms with van der Waals surface area (Å²) in [4.78, 5) is 21.8. The molecule has 0 atom stereocenters. The topological polar surface area (TPSA) is 129 Å². The summed E-state index contributed by atoms with van der Waals surface area (Å²) in [5.74, 6) is -0.380. The Morgan fingerprint density at radius 1 is 0.949 bits per heavy atom. The second-order valence-corrected chi connectivity index (χ2v) is 11.0. The molecule has 0 spiro atoms. The molecule has 0 unspecified atom stereocenters. The molecule has 3 N–H and O–H groups in total. The van der Waals surface area contributed by atoms with E-state index in [1.807, 2.05) is 75.0 Å². The zero-order valence-corrected chi connectivity index (χ0v) is 22.7. The zero-order valence-electron chi connectivity index (χ0n) is 21.9. The molecule has 0 bridgehead atoms. The van der Waals surface area contributed by atoms with Crippen molar-refractivity contribution in [2.45, 2.75) is 25.8 Å². The second-order valence-electron chi connectivity index (χ2n) is 9.41. The standard InChI is InChI=1S/C29H27N5O4S/c1-17-14-18(2)27(19(3)15-17)38-29-22(28(35)33-39(36,37)26-7-5-6-25(30)32-26)10-11-23(31-29)21-9-8-20-12-13-34(4)24(20)16-21/h5-16H,1-4H3,(H2,30,32)(H,33,35). The molecule has 0 aliphatic carbocycles. The van der Waals surface area contributed by atoms with Gasteiger partial charge in [0.15, 0.2) is 5.03 Å². The molecule has 0 aliphatic heterocycles. The minimum absolute atomic E-state index is 0.0147. The molecular formula is C29H27N5O4S. The van der Waals surface area contributed by atoms with E-state index in [1.165, 1.54) is 24.3 Å². The number of hydrogen-bond donors (Lipinski definition) is 2. The fourth-order valence-corrected chi connectivity index (χ4v) is 5.45. The van der Waals surface area contributed by atoms with Crippen LogP contribution in [0.5, 0.6) is 11.6 Å². The van der Waals surface area contributed by atoms with Crippen molar-refractivity contribution < 1.29 is 17.9 Å². The highest BCUT2D eigenvalue weighted by Crippen LogP contribution is 2.33. The molecule has 5 rings (SSSR count). The van der Waals surface area contributed by atoms with Gasteiger partial charge in [0, 0.05) is 24.3 Å². The van der Waals surface area contributed by atoms with Crippen LogP contribution in [0.4, 0.5) is 5.82 Å². The molecule has 2 aromatic carbocycles. The van der Waals surface area contributed by atoms with Crippen LogP contribution in [0.25, 0.3) is 22.2 Å². The van der Waals surface area contributed by atoms with Gasteiger partial charge in [-0.3, -0.25) is 4.79 Å². The Kier molecular flexibility index (Phi) is 6.57. The molecule has 39 heavy (non-hydrogen) atoms. The molecule has 3 aromatic heterocycles. The smallest absolute Gasteiger partial charge is 0.281 e. The van der Waals surface area contributed by atoms with Crippen molar-refractivity contribution >= 4 is 32.7 Å². The van der Waals surface area contributed by atoms with Gasteiger partial charge in [-0.2, -0.15) is 8.42 Å². The third-order valence-corrected chi connectivity index (χ3v) is 7.57. The number of aromatic nitrogens is 3.